The minimum absolute atomic E-state index is 0.0317. The Kier molecular flexibility index (Phi) is 3.72. The quantitative estimate of drug-likeness (QED) is 0.834. The Morgan fingerprint density at radius 2 is 2.20 bits per heavy atom. The van der Waals surface area contributed by atoms with Gasteiger partial charge < -0.3 is 10.8 Å². The maximum absolute atomic E-state index is 11.6. The molecule has 0 fully saturated rings. The van der Waals surface area contributed by atoms with Gasteiger partial charge in [-0.05, 0) is 12.1 Å². The summed E-state index contributed by atoms with van der Waals surface area (Å²) in [7, 11) is -3.66. The molecule has 5 nitrogen and oxygen atoms in total. The van der Waals surface area contributed by atoms with Crippen LogP contribution in [0.25, 0.3) is 0 Å². The van der Waals surface area contributed by atoms with E-state index in [4.69, 9.17) is 22.4 Å². The van der Waals surface area contributed by atoms with E-state index < -0.39 is 27.6 Å². The fourth-order valence-electron chi connectivity index (χ4n) is 0.855. The molecule has 0 aliphatic heterocycles. The average Bonchev–Trinajstić information content (AvgIpc) is 2.51. The first-order chi connectivity index (χ1) is 6.83. The van der Waals surface area contributed by atoms with E-state index in [2.05, 4.69) is 0 Å². The molecule has 84 valence electrons. The van der Waals surface area contributed by atoms with E-state index in [1.807, 2.05) is 0 Å². The topological polar surface area (TPSA) is 97.5 Å². The largest absolute Gasteiger partial charge is 0.480 e. The maximum Gasteiger partial charge on any atom is 0.321 e. The lowest BCUT2D eigenvalue weighted by Gasteiger charge is -2.05. The van der Waals surface area contributed by atoms with Crippen LogP contribution in [0.2, 0.25) is 4.34 Å². The Balaban J connectivity index is 2.90. The number of carboxylic acid groups (broad SMARTS) is 1. The van der Waals surface area contributed by atoms with Gasteiger partial charge in [0.1, 0.15) is 10.3 Å². The van der Waals surface area contributed by atoms with Gasteiger partial charge in [-0.15, -0.1) is 11.3 Å². The SMILES string of the molecule is NC(CS(=O)(=O)c1ccc(Cl)s1)C(=O)O. The molecule has 0 saturated carbocycles. The van der Waals surface area contributed by atoms with Crippen LogP contribution >= 0.6 is 22.9 Å². The molecular formula is C7H8ClNO4S2. The van der Waals surface area contributed by atoms with E-state index in [1.165, 1.54) is 12.1 Å². The standard InChI is InChI=1S/C7H8ClNO4S2/c8-5-1-2-6(14-5)15(12,13)3-4(9)7(10)11/h1-2,4H,3,9H2,(H,10,11). The Bertz CT molecular complexity index is 467. The Labute approximate surface area is 95.4 Å². The third-order valence-electron chi connectivity index (χ3n) is 1.57. The summed E-state index contributed by atoms with van der Waals surface area (Å²) in [6, 6.07) is 1.35. The number of carboxylic acids is 1. The zero-order chi connectivity index (χ0) is 11.6. The van der Waals surface area contributed by atoms with Crippen LogP contribution in [0.15, 0.2) is 16.3 Å². The lowest BCUT2D eigenvalue weighted by molar-refractivity contribution is -0.137. The van der Waals surface area contributed by atoms with E-state index >= 15 is 0 Å². The van der Waals surface area contributed by atoms with Crippen molar-refractivity contribution in [3.05, 3.63) is 16.5 Å². The molecule has 8 heteroatoms. The summed E-state index contributed by atoms with van der Waals surface area (Å²) in [5.41, 5.74) is 5.14. The maximum atomic E-state index is 11.6. The number of hydrogen-bond acceptors (Lipinski definition) is 5. The normalized spacial score (nSPS) is 13.7. The summed E-state index contributed by atoms with van der Waals surface area (Å²) in [4.78, 5) is 10.4. The first kappa shape index (κ1) is 12.4. The van der Waals surface area contributed by atoms with E-state index in [1.54, 1.807) is 0 Å². The molecule has 1 aromatic heterocycles. The summed E-state index contributed by atoms with van der Waals surface area (Å²) in [5, 5.41) is 8.49. The number of thiophene rings is 1. The average molecular weight is 270 g/mol. The van der Waals surface area contributed by atoms with Crippen LogP contribution in [0.5, 0.6) is 0 Å². The van der Waals surface area contributed by atoms with Crippen molar-refractivity contribution < 1.29 is 18.3 Å². The predicted molar refractivity (Wildman–Crippen MR) is 57.0 cm³/mol. The number of rotatable bonds is 4. The van der Waals surface area contributed by atoms with Crippen molar-refractivity contribution >= 4 is 38.7 Å². The molecule has 1 unspecified atom stereocenters. The van der Waals surface area contributed by atoms with Gasteiger partial charge in [-0.2, -0.15) is 0 Å². The molecule has 1 atom stereocenters. The minimum atomic E-state index is -3.66. The first-order valence-electron chi connectivity index (χ1n) is 3.79. The van der Waals surface area contributed by atoms with Gasteiger partial charge in [0.25, 0.3) is 0 Å². The molecule has 0 aliphatic carbocycles. The number of carbonyl (C=O) groups is 1. The Hall–Kier alpha value is -0.630. The summed E-state index contributed by atoms with van der Waals surface area (Å²) >= 11 is 6.45. The fourth-order valence-corrected chi connectivity index (χ4v) is 3.80. The molecule has 0 radical (unpaired) electrons. The Morgan fingerprint density at radius 3 is 2.60 bits per heavy atom. The first-order valence-corrected chi connectivity index (χ1v) is 6.64. The molecule has 3 N–H and O–H groups in total. The zero-order valence-corrected chi connectivity index (χ0v) is 9.77. The van der Waals surface area contributed by atoms with Crippen molar-refractivity contribution in [3.63, 3.8) is 0 Å². The molecular weight excluding hydrogens is 262 g/mol. The summed E-state index contributed by atoms with van der Waals surface area (Å²) < 4.78 is 23.5. The highest BCUT2D eigenvalue weighted by molar-refractivity contribution is 7.93. The van der Waals surface area contributed by atoms with Gasteiger partial charge in [0.2, 0.25) is 0 Å². The van der Waals surface area contributed by atoms with Gasteiger partial charge >= 0.3 is 5.97 Å². The van der Waals surface area contributed by atoms with Crippen molar-refractivity contribution in [3.8, 4) is 0 Å². The molecule has 1 aromatic rings. The summed E-state index contributed by atoms with van der Waals surface area (Å²) in [6.07, 6.45) is 0. The van der Waals surface area contributed by atoms with Gasteiger partial charge in [0, 0.05) is 0 Å². The van der Waals surface area contributed by atoms with Crippen molar-refractivity contribution in [1.29, 1.82) is 0 Å². The molecule has 0 spiro atoms. The fraction of sp³-hybridized carbons (Fsp3) is 0.286. The summed E-state index contributed by atoms with van der Waals surface area (Å²) in [6.45, 7) is 0. The molecule has 1 rings (SSSR count). The van der Waals surface area contributed by atoms with Crippen LogP contribution < -0.4 is 5.73 Å². The molecule has 0 bridgehead atoms. The monoisotopic (exact) mass is 269 g/mol. The molecule has 1 heterocycles. The lowest BCUT2D eigenvalue weighted by Crippen LogP contribution is -2.37. The van der Waals surface area contributed by atoms with Crippen molar-refractivity contribution in [2.75, 3.05) is 5.75 Å². The van der Waals surface area contributed by atoms with Gasteiger partial charge in [-0.1, -0.05) is 11.6 Å². The van der Waals surface area contributed by atoms with Crippen LogP contribution in [0.1, 0.15) is 0 Å². The molecule has 0 saturated heterocycles. The number of halogens is 1. The molecule has 0 aromatic carbocycles. The Morgan fingerprint density at radius 1 is 1.60 bits per heavy atom. The van der Waals surface area contributed by atoms with Gasteiger partial charge in [-0.25, -0.2) is 8.42 Å². The van der Waals surface area contributed by atoms with Crippen LogP contribution in [0.4, 0.5) is 0 Å². The zero-order valence-electron chi connectivity index (χ0n) is 7.38. The second-order valence-corrected chi connectivity index (χ2v) is 6.76. The van der Waals surface area contributed by atoms with Gasteiger partial charge in [0.15, 0.2) is 9.84 Å². The summed E-state index contributed by atoms with van der Waals surface area (Å²) in [5.74, 6) is -1.97. The van der Waals surface area contributed by atoms with Gasteiger partial charge in [-0.3, -0.25) is 4.79 Å². The smallest absolute Gasteiger partial charge is 0.321 e. The lowest BCUT2D eigenvalue weighted by atomic mass is 10.4. The van der Waals surface area contributed by atoms with Gasteiger partial charge in [0.05, 0.1) is 10.1 Å². The number of hydrogen-bond donors (Lipinski definition) is 2. The number of sulfone groups is 1. The third-order valence-corrected chi connectivity index (χ3v) is 5.16. The van der Waals surface area contributed by atoms with E-state index in [0.29, 0.717) is 4.34 Å². The molecule has 0 aliphatic rings. The highest BCUT2D eigenvalue weighted by Gasteiger charge is 2.24. The molecule has 15 heavy (non-hydrogen) atoms. The van der Waals surface area contributed by atoms with E-state index in [0.717, 1.165) is 11.3 Å². The van der Waals surface area contributed by atoms with Crippen molar-refractivity contribution in [2.24, 2.45) is 5.73 Å². The minimum Gasteiger partial charge on any atom is -0.480 e. The second-order valence-electron chi connectivity index (χ2n) is 2.78. The van der Waals surface area contributed by atoms with Crippen LogP contribution in [-0.4, -0.2) is 31.3 Å². The van der Waals surface area contributed by atoms with Crippen LogP contribution in [0.3, 0.4) is 0 Å². The van der Waals surface area contributed by atoms with Crippen molar-refractivity contribution in [1.82, 2.24) is 0 Å². The number of aliphatic carboxylic acids is 1. The van der Waals surface area contributed by atoms with Crippen LogP contribution in [-0.2, 0) is 14.6 Å². The third kappa shape index (κ3) is 3.16. The van der Waals surface area contributed by atoms with Crippen molar-refractivity contribution in [2.45, 2.75) is 10.3 Å². The highest BCUT2D eigenvalue weighted by Crippen LogP contribution is 2.26. The van der Waals surface area contributed by atoms with E-state index in [9.17, 15) is 13.2 Å². The van der Waals surface area contributed by atoms with E-state index in [-0.39, 0.29) is 4.21 Å². The highest BCUT2D eigenvalue weighted by atomic mass is 35.5. The molecule has 0 amide bonds. The predicted octanol–water partition coefficient (Wildman–Crippen LogP) is 0.587. The van der Waals surface area contributed by atoms with Crippen LogP contribution in [0, 0.1) is 0 Å². The second kappa shape index (κ2) is 4.48. The number of nitrogens with two attached hydrogens (primary N) is 1.